The van der Waals surface area contributed by atoms with Gasteiger partial charge in [-0.3, -0.25) is 0 Å². The Balaban J connectivity index is 2.88. The number of aryl methyl sites for hydroxylation is 1. The van der Waals surface area contributed by atoms with Crippen molar-refractivity contribution in [1.29, 1.82) is 0 Å². The summed E-state index contributed by atoms with van der Waals surface area (Å²) in [7, 11) is 1.70. The lowest BCUT2D eigenvalue weighted by Crippen LogP contribution is -2.22. The Morgan fingerprint density at radius 3 is 2.76 bits per heavy atom. The predicted octanol–water partition coefficient (Wildman–Crippen LogP) is 3.62. The highest BCUT2D eigenvalue weighted by atomic mass is 16.5. The van der Waals surface area contributed by atoms with Crippen LogP contribution in [0.25, 0.3) is 0 Å². The van der Waals surface area contributed by atoms with Crippen LogP contribution >= 0.6 is 0 Å². The summed E-state index contributed by atoms with van der Waals surface area (Å²) >= 11 is 0. The van der Waals surface area contributed by atoms with Crippen molar-refractivity contribution >= 4 is 0 Å². The normalized spacial score (nSPS) is 12.2. The predicted molar refractivity (Wildman–Crippen MR) is 73.6 cm³/mol. The molecule has 1 rings (SSSR count). The van der Waals surface area contributed by atoms with Gasteiger partial charge in [-0.1, -0.05) is 19.1 Å². The molecule has 1 N–H and O–H groups in total. The highest BCUT2D eigenvalue weighted by Gasteiger charge is 2.11. The lowest BCUT2D eigenvalue weighted by Gasteiger charge is -2.20. The third-order valence-electron chi connectivity index (χ3n) is 2.90. The van der Waals surface area contributed by atoms with Crippen LogP contribution in [0.2, 0.25) is 0 Å². The Kier molecular flexibility index (Phi) is 5.78. The lowest BCUT2D eigenvalue weighted by atomic mass is 9.98. The molecular weight excluding hydrogens is 210 g/mol. The minimum absolute atomic E-state index is 0.360. The molecule has 94 valence electrons. The number of hydrogen-bond acceptors (Lipinski definition) is 2. The molecule has 0 saturated heterocycles. The molecule has 2 nitrogen and oxygen atoms in total. The first-order chi connectivity index (χ1) is 8.22. The van der Waals surface area contributed by atoms with E-state index < -0.39 is 0 Å². The summed E-state index contributed by atoms with van der Waals surface area (Å²) in [6.07, 6.45) is 4.06. The molecule has 0 radical (unpaired) electrons. The number of rotatable bonds is 7. The molecular formula is C15H23NO. The molecule has 0 heterocycles. The smallest absolute Gasteiger partial charge is 0.119 e. The van der Waals surface area contributed by atoms with E-state index in [0.29, 0.717) is 6.04 Å². The Hall–Kier alpha value is -1.28. The minimum Gasteiger partial charge on any atom is -0.497 e. The summed E-state index contributed by atoms with van der Waals surface area (Å²) in [6.45, 7) is 9.17. The van der Waals surface area contributed by atoms with Crippen LogP contribution in [0, 0.1) is 6.92 Å². The number of ether oxygens (including phenoxy) is 1. The SMILES string of the molecule is C=CCC(NCCC)c1ccc(OC)cc1C. The molecule has 0 spiro atoms. The summed E-state index contributed by atoms with van der Waals surface area (Å²) in [6, 6.07) is 6.61. The first kappa shape index (κ1) is 13.8. The summed E-state index contributed by atoms with van der Waals surface area (Å²) in [4.78, 5) is 0. The molecule has 1 atom stereocenters. The van der Waals surface area contributed by atoms with E-state index in [1.165, 1.54) is 11.1 Å². The minimum atomic E-state index is 0.360. The van der Waals surface area contributed by atoms with Crippen molar-refractivity contribution in [2.75, 3.05) is 13.7 Å². The monoisotopic (exact) mass is 233 g/mol. The van der Waals surface area contributed by atoms with Crippen LogP contribution in [0.5, 0.6) is 5.75 Å². The van der Waals surface area contributed by atoms with E-state index in [4.69, 9.17) is 4.74 Å². The van der Waals surface area contributed by atoms with Gasteiger partial charge in [0.05, 0.1) is 7.11 Å². The van der Waals surface area contributed by atoms with Crippen molar-refractivity contribution in [3.63, 3.8) is 0 Å². The van der Waals surface area contributed by atoms with Gasteiger partial charge in [-0.05, 0) is 49.6 Å². The zero-order valence-corrected chi connectivity index (χ0v) is 11.1. The molecule has 1 unspecified atom stereocenters. The van der Waals surface area contributed by atoms with Gasteiger partial charge in [-0.2, -0.15) is 0 Å². The zero-order valence-electron chi connectivity index (χ0n) is 11.1. The van der Waals surface area contributed by atoms with Gasteiger partial charge >= 0.3 is 0 Å². The van der Waals surface area contributed by atoms with Crippen molar-refractivity contribution in [1.82, 2.24) is 5.32 Å². The van der Waals surface area contributed by atoms with Crippen molar-refractivity contribution in [2.24, 2.45) is 0 Å². The second kappa shape index (κ2) is 7.13. The van der Waals surface area contributed by atoms with Gasteiger partial charge in [-0.15, -0.1) is 6.58 Å². The second-order valence-corrected chi connectivity index (χ2v) is 4.25. The topological polar surface area (TPSA) is 21.3 Å². The van der Waals surface area contributed by atoms with Crippen LogP contribution < -0.4 is 10.1 Å². The summed E-state index contributed by atoms with van der Waals surface area (Å²) in [5.41, 5.74) is 2.60. The fraction of sp³-hybridized carbons (Fsp3) is 0.467. The Labute approximate surface area is 105 Å². The molecule has 0 saturated carbocycles. The summed E-state index contributed by atoms with van der Waals surface area (Å²) in [5.74, 6) is 0.916. The van der Waals surface area contributed by atoms with E-state index in [2.05, 4.69) is 37.9 Å². The van der Waals surface area contributed by atoms with Crippen LogP contribution in [0.1, 0.15) is 36.9 Å². The van der Waals surface area contributed by atoms with E-state index >= 15 is 0 Å². The van der Waals surface area contributed by atoms with Crippen LogP contribution in [0.4, 0.5) is 0 Å². The zero-order chi connectivity index (χ0) is 12.7. The van der Waals surface area contributed by atoms with Gasteiger partial charge < -0.3 is 10.1 Å². The molecule has 1 aromatic rings. The van der Waals surface area contributed by atoms with Crippen molar-refractivity contribution < 1.29 is 4.74 Å². The Bertz CT molecular complexity index is 360. The van der Waals surface area contributed by atoms with E-state index in [1.807, 2.05) is 12.1 Å². The van der Waals surface area contributed by atoms with Crippen LogP contribution in [-0.4, -0.2) is 13.7 Å². The number of nitrogens with one attached hydrogen (secondary N) is 1. The third kappa shape index (κ3) is 3.90. The molecule has 0 aliphatic heterocycles. The average Bonchev–Trinajstić information content (AvgIpc) is 2.34. The Morgan fingerprint density at radius 1 is 1.47 bits per heavy atom. The van der Waals surface area contributed by atoms with Crippen LogP contribution in [0.15, 0.2) is 30.9 Å². The second-order valence-electron chi connectivity index (χ2n) is 4.25. The van der Waals surface area contributed by atoms with E-state index in [9.17, 15) is 0 Å². The summed E-state index contributed by atoms with van der Waals surface area (Å²) < 4.78 is 5.23. The van der Waals surface area contributed by atoms with Crippen molar-refractivity contribution in [3.05, 3.63) is 42.0 Å². The fourth-order valence-electron chi connectivity index (χ4n) is 1.97. The van der Waals surface area contributed by atoms with Gasteiger partial charge in [0.2, 0.25) is 0 Å². The highest BCUT2D eigenvalue weighted by Crippen LogP contribution is 2.24. The first-order valence-electron chi connectivity index (χ1n) is 6.21. The quantitative estimate of drug-likeness (QED) is 0.726. The Morgan fingerprint density at radius 2 is 2.24 bits per heavy atom. The maximum atomic E-state index is 5.23. The number of benzene rings is 1. The van der Waals surface area contributed by atoms with Gasteiger partial charge in [0.25, 0.3) is 0 Å². The number of hydrogen-bond donors (Lipinski definition) is 1. The molecule has 0 amide bonds. The lowest BCUT2D eigenvalue weighted by molar-refractivity contribution is 0.414. The molecule has 1 aromatic carbocycles. The van der Waals surface area contributed by atoms with Crippen LogP contribution in [-0.2, 0) is 0 Å². The number of methoxy groups -OCH3 is 1. The van der Waals surface area contributed by atoms with Crippen molar-refractivity contribution in [3.8, 4) is 5.75 Å². The first-order valence-corrected chi connectivity index (χ1v) is 6.21. The maximum Gasteiger partial charge on any atom is 0.119 e. The molecule has 0 aromatic heterocycles. The van der Waals surface area contributed by atoms with Gasteiger partial charge in [0.15, 0.2) is 0 Å². The molecule has 0 aliphatic carbocycles. The molecule has 0 aliphatic rings. The van der Waals surface area contributed by atoms with Crippen LogP contribution in [0.3, 0.4) is 0 Å². The van der Waals surface area contributed by atoms with E-state index in [0.717, 1.165) is 25.1 Å². The van der Waals surface area contributed by atoms with E-state index in [1.54, 1.807) is 7.11 Å². The molecule has 0 fully saturated rings. The van der Waals surface area contributed by atoms with Gasteiger partial charge in [-0.25, -0.2) is 0 Å². The molecule has 2 heteroatoms. The highest BCUT2D eigenvalue weighted by molar-refractivity contribution is 5.36. The average molecular weight is 233 g/mol. The van der Waals surface area contributed by atoms with Gasteiger partial charge in [0.1, 0.15) is 5.75 Å². The van der Waals surface area contributed by atoms with E-state index in [-0.39, 0.29) is 0 Å². The summed E-state index contributed by atoms with van der Waals surface area (Å²) in [5, 5.41) is 3.55. The fourth-order valence-corrected chi connectivity index (χ4v) is 1.97. The van der Waals surface area contributed by atoms with Crippen molar-refractivity contribution in [2.45, 2.75) is 32.7 Å². The molecule has 0 bridgehead atoms. The van der Waals surface area contributed by atoms with Gasteiger partial charge in [0, 0.05) is 6.04 Å². The standard InChI is InChI=1S/C15H23NO/c1-5-7-15(16-10-6-2)14-9-8-13(17-4)11-12(14)3/h5,8-9,11,15-16H,1,6-7,10H2,2-4H3. The maximum absolute atomic E-state index is 5.23. The largest absolute Gasteiger partial charge is 0.497 e. The molecule has 17 heavy (non-hydrogen) atoms. The third-order valence-corrected chi connectivity index (χ3v) is 2.90.